The van der Waals surface area contributed by atoms with Crippen LogP contribution in [0, 0.1) is 0 Å². The first-order chi connectivity index (χ1) is 5.07. The Labute approximate surface area is 70.3 Å². The molecule has 0 aromatic carbocycles. The standard InChI is InChI=1S/C9H20N2/c1-8(2)11(5)7-9(3)6-10-4/h8,10H,3,6-7H2,1-2,4-5H3. The first-order valence-electron chi connectivity index (χ1n) is 4.09. The highest BCUT2D eigenvalue weighted by Gasteiger charge is 2.03. The average molecular weight is 156 g/mol. The predicted molar refractivity (Wildman–Crippen MR) is 50.8 cm³/mol. The SMILES string of the molecule is C=C(CNC)CN(C)C(C)C. The molecule has 0 saturated heterocycles. The predicted octanol–water partition coefficient (Wildman–Crippen LogP) is 1.10. The van der Waals surface area contributed by atoms with E-state index in [2.05, 4.69) is 37.7 Å². The molecule has 0 spiro atoms. The zero-order valence-corrected chi connectivity index (χ0v) is 8.15. The van der Waals surface area contributed by atoms with Crippen molar-refractivity contribution in [3.63, 3.8) is 0 Å². The van der Waals surface area contributed by atoms with Crippen molar-refractivity contribution in [2.75, 3.05) is 27.2 Å². The molecular formula is C9H20N2. The van der Waals surface area contributed by atoms with Crippen molar-refractivity contribution in [1.29, 1.82) is 0 Å². The number of likely N-dealkylation sites (N-methyl/N-ethyl adjacent to an activating group) is 2. The summed E-state index contributed by atoms with van der Waals surface area (Å²) in [4.78, 5) is 2.28. The Hall–Kier alpha value is -0.340. The lowest BCUT2D eigenvalue weighted by Crippen LogP contribution is -2.30. The minimum atomic E-state index is 0.601. The Balaban J connectivity index is 3.57. The minimum Gasteiger partial charge on any atom is -0.316 e. The summed E-state index contributed by atoms with van der Waals surface area (Å²) in [6.07, 6.45) is 0. The van der Waals surface area contributed by atoms with Gasteiger partial charge in [-0.2, -0.15) is 0 Å². The number of nitrogens with one attached hydrogen (secondary N) is 1. The maximum Gasteiger partial charge on any atom is 0.0202 e. The molecule has 0 bridgehead atoms. The van der Waals surface area contributed by atoms with Crippen LogP contribution in [0.2, 0.25) is 0 Å². The molecule has 0 aromatic rings. The third-order valence-electron chi connectivity index (χ3n) is 1.78. The van der Waals surface area contributed by atoms with Gasteiger partial charge in [0.15, 0.2) is 0 Å². The molecule has 0 saturated carbocycles. The van der Waals surface area contributed by atoms with Crippen LogP contribution < -0.4 is 5.32 Å². The van der Waals surface area contributed by atoms with Gasteiger partial charge < -0.3 is 10.2 Å². The van der Waals surface area contributed by atoms with E-state index in [9.17, 15) is 0 Å². The van der Waals surface area contributed by atoms with Gasteiger partial charge in [-0.05, 0) is 33.5 Å². The Kier molecular flexibility index (Phi) is 5.16. The van der Waals surface area contributed by atoms with Gasteiger partial charge >= 0.3 is 0 Å². The van der Waals surface area contributed by atoms with E-state index in [1.54, 1.807) is 0 Å². The van der Waals surface area contributed by atoms with Gasteiger partial charge in [0.25, 0.3) is 0 Å². The number of nitrogens with zero attached hydrogens (tertiary/aromatic N) is 1. The van der Waals surface area contributed by atoms with Gasteiger partial charge in [-0.3, -0.25) is 0 Å². The largest absolute Gasteiger partial charge is 0.316 e. The number of hydrogen-bond donors (Lipinski definition) is 1. The van der Waals surface area contributed by atoms with Gasteiger partial charge in [0.05, 0.1) is 0 Å². The zero-order valence-electron chi connectivity index (χ0n) is 8.15. The molecule has 11 heavy (non-hydrogen) atoms. The van der Waals surface area contributed by atoms with E-state index in [-0.39, 0.29) is 0 Å². The first kappa shape index (κ1) is 10.7. The minimum absolute atomic E-state index is 0.601. The van der Waals surface area contributed by atoms with Crippen molar-refractivity contribution < 1.29 is 0 Å². The van der Waals surface area contributed by atoms with Crippen molar-refractivity contribution in [3.8, 4) is 0 Å². The van der Waals surface area contributed by atoms with Crippen LogP contribution in [0.3, 0.4) is 0 Å². The normalized spacial score (nSPS) is 11.1. The van der Waals surface area contributed by atoms with Crippen LogP contribution in [0.4, 0.5) is 0 Å². The van der Waals surface area contributed by atoms with E-state index < -0.39 is 0 Å². The molecule has 0 amide bonds. The fraction of sp³-hybridized carbons (Fsp3) is 0.778. The third kappa shape index (κ3) is 4.99. The summed E-state index contributed by atoms with van der Waals surface area (Å²) in [6.45, 7) is 10.2. The van der Waals surface area contributed by atoms with Crippen molar-refractivity contribution in [2.24, 2.45) is 0 Å². The van der Waals surface area contributed by atoms with E-state index in [1.807, 2.05) is 7.05 Å². The number of rotatable bonds is 5. The van der Waals surface area contributed by atoms with Gasteiger partial charge in [-0.25, -0.2) is 0 Å². The molecule has 0 atom stereocenters. The van der Waals surface area contributed by atoms with Gasteiger partial charge in [0.2, 0.25) is 0 Å². The Morgan fingerprint density at radius 2 is 2.09 bits per heavy atom. The summed E-state index contributed by atoms with van der Waals surface area (Å²) in [5.41, 5.74) is 1.24. The molecule has 2 heteroatoms. The van der Waals surface area contributed by atoms with Gasteiger partial charge in [0.1, 0.15) is 0 Å². The molecule has 2 nitrogen and oxygen atoms in total. The highest BCUT2D eigenvalue weighted by Crippen LogP contribution is 1.97. The first-order valence-corrected chi connectivity index (χ1v) is 4.09. The van der Waals surface area contributed by atoms with Crippen LogP contribution in [-0.4, -0.2) is 38.1 Å². The Bertz CT molecular complexity index is 119. The highest BCUT2D eigenvalue weighted by atomic mass is 15.1. The van der Waals surface area contributed by atoms with Crippen LogP contribution in [0.5, 0.6) is 0 Å². The van der Waals surface area contributed by atoms with Crippen LogP contribution in [0.25, 0.3) is 0 Å². The molecule has 0 aliphatic carbocycles. The summed E-state index contributed by atoms with van der Waals surface area (Å²) in [7, 11) is 4.06. The third-order valence-corrected chi connectivity index (χ3v) is 1.78. The fourth-order valence-electron chi connectivity index (χ4n) is 0.841. The van der Waals surface area contributed by atoms with E-state index >= 15 is 0 Å². The molecule has 0 unspecified atom stereocenters. The maximum absolute atomic E-state index is 3.96. The molecule has 66 valence electrons. The van der Waals surface area contributed by atoms with Gasteiger partial charge in [-0.15, -0.1) is 0 Å². The topological polar surface area (TPSA) is 15.3 Å². The molecule has 0 radical (unpaired) electrons. The van der Waals surface area contributed by atoms with Crippen molar-refractivity contribution in [2.45, 2.75) is 19.9 Å². The second kappa shape index (κ2) is 5.33. The Morgan fingerprint density at radius 3 is 2.45 bits per heavy atom. The molecule has 0 heterocycles. The average Bonchev–Trinajstić information content (AvgIpc) is 1.87. The van der Waals surface area contributed by atoms with E-state index in [1.165, 1.54) is 5.57 Å². The van der Waals surface area contributed by atoms with Gasteiger partial charge in [-0.1, -0.05) is 6.58 Å². The van der Waals surface area contributed by atoms with Crippen LogP contribution >= 0.6 is 0 Å². The summed E-state index contributed by atoms with van der Waals surface area (Å²) >= 11 is 0. The van der Waals surface area contributed by atoms with Crippen LogP contribution in [-0.2, 0) is 0 Å². The fourth-order valence-corrected chi connectivity index (χ4v) is 0.841. The quantitative estimate of drug-likeness (QED) is 0.600. The summed E-state index contributed by atoms with van der Waals surface area (Å²) in [5, 5.41) is 3.09. The number of hydrogen-bond acceptors (Lipinski definition) is 2. The van der Waals surface area contributed by atoms with Crippen LogP contribution in [0.1, 0.15) is 13.8 Å². The molecule has 1 N–H and O–H groups in total. The summed E-state index contributed by atoms with van der Waals surface area (Å²) < 4.78 is 0. The molecular weight excluding hydrogens is 136 g/mol. The second-order valence-electron chi connectivity index (χ2n) is 3.29. The second-order valence-corrected chi connectivity index (χ2v) is 3.29. The van der Waals surface area contributed by atoms with Crippen LogP contribution in [0.15, 0.2) is 12.2 Å². The molecule has 0 fully saturated rings. The molecule has 0 aliphatic rings. The van der Waals surface area contributed by atoms with Crippen molar-refractivity contribution >= 4 is 0 Å². The smallest absolute Gasteiger partial charge is 0.0202 e. The summed E-state index contributed by atoms with van der Waals surface area (Å²) in [6, 6.07) is 0.601. The lowest BCUT2D eigenvalue weighted by atomic mass is 10.2. The van der Waals surface area contributed by atoms with Gasteiger partial charge in [0, 0.05) is 19.1 Å². The van der Waals surface area contributed by atoms with Crippen molar-refractivity contribution in [1.82, 2.24) is 10.2 Å². The van der Waals surface area contributed by atoms with E-state index in [4.69, 9.17) is 0 Å². The van der Waals surface area contributed by atoms with E-state index in [0.717, 1.165) is 13.1 Å². The molecule has 0 aliphatic heterocycles. The van der Waals surface area contributed by atoms with E-state index in [0.29, 0.717) is 6.04 Å². The Morgan fingerprint density at radius 1 is 1.55 bits per heavy atom. The highest BCUT2D eigenvalue weighted by molar-refractivity contribution is 4.99. The monoisotopic (exact) mass is 156 g/mol. The van der Waals surface area contributed by atoms with Crippen molar-refractivity contribution in [3.05, 3.63) is 12.2 Å². The lowest BCUT2D eigenvalue weighted by Gasteiger charge is -2.21. The molecule has 0 aromatic heterocycles. The lowest BCUT2D eigenvalue weighted by molar-refractivity contribution is 0.295. The maximum atomic E-state index is 3.96. The molecule has 0 rings (SSSR count). The zero-order chi connectivity index (χ0) is 8.85. The summed E-state index contributed by atoms with van der Waals surface area (Å²) in [5.74, 6) is 0.